The number of benzene rings is 2. The molecule has 0 aliphatic carbocycles. The van der Waals surface area contributed by atoms with Gasteiger partial charge in [0.05, 0.1) is 13.3 Å². The minimum absolute atomic E-state index is 0.228. The van der Waals surface area contributed by atoms with Crippen LogP contribution in [0.25, 0.3) is 22.2 Å². The number of hydrazone groups is 1. The van der Waals surface area contributed by atoms with Crippen molar-refractivity contribution in [2.75, 3.05) is 7.11 Å². The Morgan fingerprint density at radius 3 is 2.62 bits per heavy atom. The molecule has 0 atom stereocenters. The third-order valence-corrected chi connectivity index (χ3v) is 5.08. The fourth-order valence-electron chi connectivity index (χ4n) is 3.24. The van der Waals surface area contributed by atoms with E-state index in [0.717, 1.165) is 16.5 Å². The van der Waals surface area contributed by atoms with Gasteiger partial charge in [-0.25, -0.2) is 10.4 Å². The van der Waals surface area contributed by atoms with Crippen LogP contribution >= 0.6 is 11.6 Å². The number of carbonyl (C=O) groups excluding carboxylic acids is 1. The maximum Gasteiger partial charge on any atom is 0.260 e. The minimum atomic E-state index is -0.448. The highest BCUT2D eigenvalue weighted by atomic mass is 35.5. The Balaban J connectivity index is 1.63. The van der Waals surface area contributed by atoms with Gasteiger partial charge in [-0.1, -0.05) is 35.9 Å². The third-order valence-electron chi connectivity index (χ3n) is 4.82. The van der Waals surface area contributed by atoms with E-state index in [1.165, 1.54) is 10.8 Å². The Kier molecular flexibility index (Phi) is 6.28. The maximum absolute atomic E-state index is 13.3. The largest absolute Gasteiger partial charge is 0.497 e. The summed E-state index contributed by atoms with van der Waals surface area (Å²) in [4.78, 5) is 30.1. The zero-order chi connectivity index (χ0) is 22.5. The molecule has 7 nitrogen and oxygen atoms in total. The summed E-state index contributed by atoms with van der Waals surface area (Å²) < 4.78 is 6.54. The van der Waals surface area contributed by atoms with Gasteiger partial charge in [0, 0.05) is 22.2 Å². The summed E-state index contributed by atoms with van der Waals surface area (Å²) >= 11 is 5.86. The summed E-state index contributed by atoms with van der Waals surface area (Å²) in [5.74, 6) is 0.241. The molecule has 0 bridgehead atoms. The molecule has 0 radical (unpaired) electrons. The summed E-state index contributed by atoms with van der Waals surface area (Å²) in [6.45, 7) is -0.228. The van der Waals surface area contributed by atoms with Gasteiger partial charge in [0.1, 0.15) is 17.9 Å². The van der Waals surface area contributed by atoms with Crippen molar-refractivity contribution in [2.45, 2.75) is 6.54 Å². The van der Waals surface area contributed by atoms with E-state index < -0.39 is 5.91 Å². The van der Waals surface area contributed by atoms with Crippen molar-refractivity contribution in [3.05, 3.63) is 93.9 Å². The molecule has 0 aliphatic rings. The normalized spacial score (nSPS) is 11.1. The number of ether oxygens (including phenoxy) is 1. The van der Waals surface area contributed by atoms with Crippen LogP contribution in [0, 0.1) is 0 Å². The van der Waals surface area contributed by atoms with Crippen LogP contribution in [-0.4, -0.2) is 28.8 Å². The summed E-state index contributed by atoms with van der Waals surface area (Å²) in [6.07, 6.45) is 3.09. The van der Waals surface area contributed by atoms with E-state index in [0.29, 0.717) is 22.0 Å². The second-order valence-corrected chi connectivity index (χ2v) is 7.38. The predicted octanol–water partition coefficient (Wildman–Crippen LogP) is 3.88. The molecule has 4 aromatic rings. The summed E-state index contributed by atoms with van der Waals surface area (Å²) in [5, 5.41) is 5.32. The van der Waals surface area contributed by atoms with Crippen molar-refractivity contribution in [3.8, 4) is 16.9 Å². The fraction of sp³-hybridized carbons (Fsp3) is 0.0833. The molecule has 160 valence electrons. The maximum atomic E-state index is 13.3. The van der Waals surface area contributed by atoms with Crippen LogP contribution in [0.1, 0.15) is 5.56 Å². The zero-order valence-corrected chi connectivity index (χ0v) is 17.9. The molecule has 0 saturated heterocycles. The number of methoxy groups -OCH3 is 1. The molecule has 1 N–H and O–H groups in total. The molecular weight excluding hydrogens is 428 g/mol. The van der Waals surface area contributed by atoms with Crippen LogP contribution in [0.5, 0.6) is 5.75 Å². The van der Waals surface area contributed by atoms with Crippen LogP contribution in [-0.2, 0) is 11.3 Å². The second-order valence-electron chi connectivity index (χ2n) is 6.94. The zero-order valence-electron chi connectivity index (χ0n) is 17.2. The SMILES string of the molecule is COc1ccc(-c2cc3cccnc3n(CC(=O)N/N=C/c3ccc(Cl)cc3)c2=O)cc1. The molecule has 0 saturated carbocycles. The van der Waals surface area contributed by atoms with Crippen molar-refractivity contribution >= 4 is 34.8 Å². The van der Waals surface area contributed by atoms with Crippen molar-refractivity contribution in [1.82, 2.24) is 15.0 Å². The summed E-state index contributed by atoms with van der Waals surface area (Å²) in [6, 6.07) is 19.6. The Bertz CT molecular complexity index is 1350. The van der Waals surface area contributed by atoms with Crippen LogP contribution in [0.15, 0.2) is 82.8 Å². The van der Waals surface area contributed by atoms with Gasteiger partial charge in [-0.3, -0.25) is 14.2 Å². The molecular formula is C24H19ClN4O3. The molecule has 8 heteroatoms. The van der Waals surface area contributed by atoms with Gasteiger partial charge < -0.3 is 4.74 Å². The van der Waals surface area contributed by atoms with E-state index >= 15 is 0 Å². The van der Waals surface area contributed by atoms with Gasteiger partial charge in [-0.05, 0) is 53.6 Å². The highest BCUT2D eigenvalue weighted by Gasteiger charge is 2.14. The van der Waals surface area contributed by atoms with E-state index in [4.69, 9.17) is 16.3 Å². The Labute approximate surface area is 188 Å². The number of fused-ring (bicyclic) bond motifs is 1. The van der Waals surface area contributed by atoms with Crippen molar-refractivity contribution in [2.24, 2.45) is 5.10 Å². The van der Waals surface area contributed by atoms with Crippen LogP contribution < -0.4 is 15.7 Å². The van der Waals surface area contributed by atoms with Gasteiger partial charge in [-0.2, -0.15) is 5.10 Å². The quantitative estimate of drug-likeness (QED) is 0.360. The average Bonchev–Trinajstić information content (AvgIpc) is 2.82. The van der Waals surface area contributed by atoms with E-state index in [-0.39, 0.29) is 12.1 Å². The molecule has 1 amide bonds. The van der Waals surface area contributed by atoms with E-state index in [9.17, 15) is 9.59 Å². The first-order valence-corrected chi connectivity index (χ1v) is 10.1. The highest BCUT2D eigenvalue weighted by Crippen LogP contribution is 2.22. The molecule has 2 aromatic carbocycles. The monoisotopic (exact) mass is 446 g/mol. The van der Waals surface area contributed by atoms with Gasteiger partial charge >= 0.3 is 0 Å². The number of nitrogens with zero attached hydrogens (tertiary/aromatic N) is 3. The van der Waals surface area contributed by atoms with Crippen LogP contribution in [0.4, 0.5) is 0 Å². The molecule has 0 aliphatic heterocycles. The molecule has 0 unspecified atom stereocenters. The van der Waals surface area contributed by atoms with Gasteiger partial charge in [0.25, 0.3) is 11.5 Å². The number of hydrogen-bond donors (Lipinski definition) is 1. The molecule has 32 heavy (non-hydrogen) atoms. The number of aromatic nitrogens is 2. The van der Waals surface area contributed by atoms with Gasteiger partial charge in [0.2, 0.25) is 0 Å². The predicted molar refractivity (Wildman–Crippen MR) is 125 cm³/mol. The number of hydrogen-bond acceptors (Lipinski definition) is 5. The van der Waals surface area contributed by atoms with Crippen LogP contribution in [0.2, 0.25) is 5.02 Å². The van der Waals surface area contributed by atoms with Crippen LogP contribution in [0.3, 0.4) is 0 Å². The third kappa shape index (κ3) is 4.68. The van der Waals surface area contributed by atoms with E-state index in [1.807, 2.05) is 6.07 Å². The lowest BCUT2D eigenvalue weighted by molar-refractivity contribution is -0.121. The Morgan fingerprint density at radius 1 is 1.16 bits per heavy atom. The fourth-order valence-corrected chi connectivity index (χ4v) is 3.36. The number of rotatable bonds is 6. The molecule has 0 spiro atoms. The summed E-state index contributed by atoms with van der Waals surface area (Å²) in [5.41, 5.74) is 4.52. The standard InChI is InChI=1S/C24H19ClN4O3/c1-32-20-10-6-17(7-11-20)21-13-18-3-2-12-26-23(18)29(24(21)31)15-22(30)28-27-14-16-4-8-19(25)9-5-16/h2-14H,15H2,1H3,(H,28,30)/b27-14+. The number of carbonyl (C=O) groups is 1. The topological polar surface area (TPSA) is 85.6 Å². The van der Waals surface area contributed by atoms with Gasteiger partial charge in [0.15, 0.2) is 0 Å². The number of nitrogens with one attached hydrogen (secondary N) is 1. The van der Waals surface area contributed by atoms with Crippen molar-refractivity contribution in [1.29, 1.82) is 0 Å². The first-order valence-electron chi connectivity index (χ1n) is 9.75. The lowest BCUT2D eigenvalue weighted by Gasteiger charge is -2.12. The smallest absolute Gasteiger partial charge is 0.260 e. The van der Waals surface area contributed by atoms with E-state index in [2.05, 4.69) is 15.5 Å². The highest BCUT2D eigenvalue weighted by molar-refractivity contribution is 6.30. The van der Waals surface area contributed by atoms with Crippen molar-refractivity contribution in [3.63, 3.8) is 0 Å². The lowest BCUT2D eigenvalue weighted by atomic mass is 10.1. The number of halogens is 1. The second kappa shape index (κ2) is 9.45. The molecule has 0 fully saturated rings. The molecule has 2 aromatic heterocycles. The molecule has 2 heterocycles. The average molecular weight is 447 g/mol. The van der Waals surface area contributed by atoms with Crippen molar-refractivity contribution < 1.29 is 9.53 Å². The van der Waals surface area contributed by atoms with Gasteiger partial charge in [-0.15, -0.1) is 0 Å². The number of pyridine rings is 2. The first-order chi connectivity index (χ1) is 15.5. The minimum Gasteiger partial charge on any atom is -0.497 e. The Hall–Kier alpha value is -3.97. The Morgan fingerprint density at radius 2 is 1.91 bits per heavy atom. The lowest BCUT2D eigenvalue weighted by Crippen LogP contribution is -2.31. The summed E-state index contributed by atoms with van der Waals surface area (Å²) in [7, 11) is 1.58. The first kappa shape index (κ1) is 21.3. The van der Waals surface area contributed by atoms with E-state index in [1.54, 1.807) is 74.0 Å². The number of amides is 1. The molecule has 4 rings (SSSR count).